The molecule has 27 heavy (non-hydrogen) atoms. The number of hydrogen-bond donors (Lipinski definition) is 2. The number of rotatable bonds is 4. The first kappa shape index (κ1) is 16.8. The van der Waals surface area contributed by atoms with Crippen LogP contribution >= 0.6 is 0 Å². The molecular weight excluding hydrogens is 357 g/mol. The number of aromatic nitrogens is 4. The summed E-state index contributed by atoms with van der Waals surface area (Å²) in [5, 5.41) is 4.52. The van der Waals surface area contributed by atoms with Crippen molar-refractivity contribution < 1.29 is 13.2 Å². The van der Waals surface area contributed by atoms with E-state index in [4.69, 9.17) is 0 Å². The Balaban J connectivity index is 1.82. The summed E-state index contributed by atoms with van der Waals surface area (Å²) >= 11 is 0. The second-order valence-corrected chi connectivity index (χ2v) is 5.62. The van der Waals surface area contributed by atoms with Crippen LogP contribution < -0.4 is 10.6 Å². The number of nitrogens with zero attached hydrogens (tertiary/aromatic N) is 4. The fourth-order valence-electron chi connectivity index (χ4n) is 2.73. The van der Waals surface area contributed by atoms with E-state index in [9.17, 15) is 13.2 Å². The van der Waals surface area contributed by atoms with Gasteiger partial charge in [-0.3, -0.25) is 9.88 Å². The molecule has 0 aliphatic heterocycles. The van der Waals surface area contributed by atoms with E-state index in [1.807, 2.05) is 24.3 Å². The summed E-state index contributed by atoms with van der Waals surface area (Å²) in [5.41, 5.74) is 1.58. The van der Waals surface area contributed by atoms with Crippen molar-refractivity contribution in [3.8, 4) is 5.82 Å². The van der Waals surface area contributed by atoms with Gasteiger partial charge in [0.05, 0.1) is 22.4 Å². The third-order valence-corrected chi connectivity index (χ3v) is 3.81. The first-order valence-electron chi connectivity index (χ1n) is 7.96. The van der Waals surface area contributed by atoms with Crippen molar-refractivity contribution in [3.05, 3.63) is 67.1 Å². The van der Waals surface area contributed by atoms with Crippen LogP contribution in [0, 0.1) is 0 Å². The summed E-state index contributed by atoms with van der Waals surface area (Å²) in [6.07, 6.45) is -1.57. The monoisotopic (exact) mass is 370 g/mol. The molecule has 0 spiro atoms. The lowest BCUT2D eigenvalue weighted by molar-refractivity contribution is -0.0998. The van der Waals surface area contributed by atoms with Gasteiger partial charge in [0.1, 0.15) is 12.1 Å². The van der Waals surface area contributed by atoms with E-state index < -0.39 is 6.30 Å². The molecule has 0 aliphatic carbocycles. The number of nitrogens with one attached hydrogen (secondary N) is 2. The highest BCUT2D eigenvalue weighted by Gasteiger charge is 2.28. The molecule has 0 amide bonds. The van der Waals surface area contributed by atoms with E-state index in [2.05, 4.69) is 20.3 Å². The average molecular weight is 370 g/mol. The molecule has 2 aromatic carbocycles. The Bertz CT molecular complexity index is 1080. The van der Waals surface area contributed by atoms with E-state index in [1.165, 1.54) is 29.8 Å². The number of benzene rings is 2. The number of fused-ring (bicyclic) bond motifs is 1. The second-order valence-electron chi connectivity index (χ2n) is 5.62. The van der Waals surface area contributed by atoms with Crippen LogP contribution in [-0.4, -0.2) is 25.8 Å². The first-order valence-corrected chi connectivity index (χ1v) is 7.96. The summed E-state index contributed by atoms with van der Waals surface area (Å²) in [5.74, 6) is 0.883. The molecule has 0 bridgehead atoms. The number of anilines is 3. The zero-order chi connectivity index (χ0) is 18.9. The summed E-state index contributed by atoms with van der Waals surface area (Å²) in [6, 6.07) is 15.1. The van der Waals surface area contributed by atoms with Gasteiger partial charge in [0.15, 0.2) is 0 Å². The number of para-hydroxylation sites is 4. The van der Waals surface area contributed by atoms with E-state index in [0.29, 0.717) is 17.3 Å². The highest BCUT2D eigenvalue weighted by molar-refractivity contribution is 5.83. The molecule has 0 saturated heterocycles. The molecule has 2 aromatic heterocycles. The molecule has 0 fully saturated rings. The van der Waals surface area contributed by atoms with Crippen molar-refractivity contribution in [1.82, 2.24) is 19.5 Å². The Morgan fingerprint density at radius 3 is 2.37 bits per heavy atom. The predicted octanol–water partition coefficient (Wildman–Crippen LogP) is 4.49. The second kappa shape index (κ2) is 6.60. The smallest absolute Gasteiger partial charge is 0.323 e. The van der Waals surface area contributed by atoms with Gasteiger partial charge >= 0.3 is 6.30 Å². The van der Waals surface area contributed by atoms with Crippen LogP contribution in [0.2, 0.25) is 0 Å². The standard InChI is InChI=1S/C18H13F3N6/c19-18(20,21)26-13-6-2-1-5-12(13)24-17-25-14-7-3-4-8-15(14)27(17)16-9-10-22-11-23-16/h1-11,26H,(H,24,25). The predicted molar refractivity (Wildman–Crippen MR) is 96.1 cm³/mol. The van der Waals surface area contributed by atoms with E-state index in [1.54, 1.807) is 22.9 Å². The van der Waals surface area contributed by atoms with E-state index in [-0.39, 0.29) is 11.4 Å². The van der Waals surface area contributed by atoms with Crippen LogP contribution in [0.4, 0.5) is 30.5 Å². The number of alkyl halides is 3. The maximum atomic E-state index is 12.8. The Hall–Kier alpha value is -3.62. The molecule has 0 aliphatic rings. The number of hydrogen-bond acceptors (Lipinski definition) is 5. The van der Waals surface area contributed by atoms with Crippen LogP contribution in [0.5, 0.6) is 0 Å². The topological polar surface area (TPSA) is 67.7 Å². The van der Waals surface area contributed by atoms with Gasteiger partial charge in [0.2, 0.25) is 5.95 Å². The summed E-state index contributed by atoms with van der Waals surface area (Å²) in [4.78, 5) is 12.6. The van der Waals surface area contributed by atoms with Gasteiger partial charge in [-0.05, 0) is 30.3 Å². The minimum atomic E-state index is -4.55. The quantitative estimate of drug-likeness (QED) is 0.518. The van der Waals surface area contributed by atoms with E-state index in [0.717, 1.165) is 5.52 Å². The van der Waals surface area contributed by atoms with Gasteiger partial charge in [-0.2, -0.15) is 13.2 Å². The summed E-state index contributed by atoms with van der Waals surface area (Å²) in [7, 11) is 0. The van der Waals surface area contributed by atoms with Gasteiger partial charge in [-0.25, -0.2) is 15.0 Å². The average Bonchev–Trinajstić information content (AvgIpc) is 3.01. The molecular formula is C18H13F3N6. The van der Waals surface area contributed by atoms with Crippen LogP contribution in [0.25, 0.3) is 16.9 Å². The van der Waals surface area contributed by atoms with Gasteiger partial charge < -0.3 is 5.32 Å². The van der Waals surface area contributed by atoms with Crippen LogP contribution in [-0.2, 0) is 0 Å². The zero-order valence-corrected chi connectivity index (χ0v) is 13.8. The van der Waals surface area contributed by atoms with Crippen LogP contribution in [0.15, 0.2) is 67.1 Å². The lowest BCUT2D eigenvalue weighted by atomic mass is 10.2. The van der Waals surface area contributed by atoms with Crippen LogP contribution in [0.3, 0.4) is 0 Å². The molecule has 4 aromatic rings. The molecule has 9 heteroatoms. The summed E-state index contributed by atoms with van der Waals surface area (Å²) < 4.78 is 40.1. The highest BCUT2D eigenvalue weighted by Crippen LogP contribution is 2.31. The summed E-state index contributed by atoms with van der Waals surface area (Å²) in [6.45, 7) is 0. The third-order valence-electron chi connectivity index (χ3n) is 3.81. The van der Waals surface area contributed by atoms with Gasteiger partial charge in [0.25, 0.3) is 0 Å². The highest BCUT2D eigenvalue weighted by atomic mass is 19.4. The molecule has 2 heterocycles. The number of halogens is 3. The zero-order valence-electron chi connectivity index (χ0n) is 13.8. The number of imidazole rings is 1. The Morgan fingerprint density at radius 2 is 1.63 bits per heavy atom. The lowest BCUT2D eigenvalue weighted by Gasteiger charge is -2.16. The fourth-order valence-corrected chi connectivity index (χ4v) is 2.73. The minimum absolute atomic E-state index is 0.105. The third kappa shape index (κ3) is 3.52. The minimum Gasteiger partial charge on any atom is -0.323 e. The van der Waals surface area contributed by atoms with Gasteiger partial charge in [0, 0.05) is 6.20 Å². The largest absolute Gasteiger partial charge is 0.482 e. The van der Waals surface area contributed by atoms with E-state index >= 15 is 0 Å². The molecule has 0 unspecified atom stereocenters. The van der Waals surface area contributed by atoms with Crippen molar-refractivity contribution >= 4 is 28.4 Å². The molecule has 0 atom stereocenters. The van der Waals surface area contributed by atoms with Crippen molar-refractivity contribution in [1.29, 1.82) is 0 Å². The molecule has 0 saturated carbocycles. The molecule has 0 radical (unpaired) electrons. The maximum absolute atomic E-state index is 12.8. The maximum Gasteiger partial charge on any atom is 0.482 e. The van der Waals surface area contributed by atoms with Gasteiger partial charge in [-0.1, -0.05) is 24.3 Å². The normalized spacial score (nSPS) is 11.5. The Morgan fingerprint density at radius 1 is 0.889 bits per heavy atom. The Kier molecular flexibility index (Phi) is 4.11. The van der Waals surface area contributed by atoms with Gasteiger partial charge in [-0.15, -0.1) is 0 Å². The van der Waals surface area contributed by atoms with Crippen LogP contribution in [0.1, 0.15) is 0 Å². The first-order chi connectivity index (χ1) is 13.0. The van der Waals surface area contributed by atoms with Crippen molar-refractivity contribution in [2.75, 3.05) is 10.6 Å². The molecule has 2 N–H and O–H groups in total. The SMILES string of the molecule is FC(F)(F)Nc1ccccc1Nc1nc2ccccc2n1-c1ccncn1. The fraction of sp³-hybridized carbons (Fsp3) is 0.0556. The Labute approximate surface area is 151 Å². The molecule has 6 nitrogen and oxygen atoms in total. The van der Waals surface area contributed by atoms with Crippen molar-refractivity contribution in [2.45, 2.75) is 6.30 Å². The molecule has 136 valence electrons. The molecule has 4 rings (SSSR count). The van der Waals surface area contributed by atoms with Crippen molar-refractivity contribution in [2.24, 2.45) is 0 Å². The lowest BCUT2D eigenvalue weighted by Crippen LogP contribution is -2.21. The van der Waals surface area contributed by atoms with Crippen molar-refractivity contribution in [3.63, 3.8) is 0 Å².